The van der Waals surface area contributed by atoms with Crippen molar-refractivity contribution in [1.29, 1.82) is 0 Å². The van der Waals surface area contributed by atoms with Crippen molar-refractivity contribution in [2.24, 2.45) is 5.73 Å². The Kier molecular flexibility index (Phi) is 17.2. The second-order valence-electron chi connectivity index (χ2n) is 3.46. The van der Waals surface area contributed by atoms with Crippen molar-refractivity contribution in [3.8, 4) is 0 Å². The average molecular weight is 248 g/mol. The maximum atomic E-state index is 10.6. The van der Waals surface area contributed by atoms with Crippen LogP contribution >= 0.6 is 0 Å². The van der Waals surface area contributed by atoms with E-state index in [-0.39, 0.29) is 12.4 Å². The molecule has 0 atom stereocenters. The Morgan fingerprint density at radius 2 is 1.65 bits per heavy atom. The predicted molar refractivity (Wildman–Crippen MR) is 70.2 cm³/mol. The molecule has 0 aliphatic carbocycles. The van der Waals surface area contributed by atoms with Gasteiger partial charge in [-0.3, -0.25) is 4.79 Å². The highest BCUT2D eigenvalue weighted by Crippen LogP contribution is 1.85. The molecule has 0 rings (SSSR count). The molecule has 0 aromatic carbocycles. The molecular weight excluding hydrogens is 220 g/mol. The summed E-state index contributed by atoms with van der Waals surface area (Å²) in [5.41, 5.74) is 5.28. The van der Waals surface area contributed by atoms with Gasteiger partial charge in [0.2, 0.25) is 0 Å². The van der Waals surface area contributed by atoms with Crippen LogP contribution in [0.2, 0.25) is 0 Å². The van der Waals surface area contributed by atoms with E-state index < -0.39 is 0 Å². The van der Waals surface area contributed by atoms with Crippen LogP contribution in [0.1, 0.15) is 20.8 Å². The number of likely N-dealkylation sites (N-methyl/N-ethyl adjacent to an activating group) is 1. The number of rotatable bonds is 10. The number of carbonyl (C=O) groups is 1. The zero-order valence-corrected chi connectivity index (χ0v) is 11.7. The highest BCUT2D eigenvalue weighted by Gasteiger charge is 1.99. The summed E-state index contributed by atoms with van der Waals surface area (Å²) >= 11 is 0. The van der Waals surface area contributed by atoms with Crippen molar-refractivity contribution in [2.45, 2.75) is 20.8 Å². The van der Waals surface area contributed by atoms with E-state index in [2.05, 4.69) is 4.90 Å². The van der Waals surface area contributed by atoms with Crippen molar-refractivity contribution >= 4 is 5.78 Å². The first kappa shape index (κ1) is 18.9. The number of nitrogens with zero attached hydrogens (tertiary/aromatic N) is 1. The Hall–Kier alpha value is -0.490. The van der Waals surface area contributed by atoms with E-state index in [1.165, 1.54) is 6.92 Å². The lowest BCUT2D eigenvalue weighted by Crippen LogP contribution is -2.28. The number of ether oxygens (including phenoxy) is 2. The van der Waals surface area contributed by atoms with Crippen LogP contribution in [-0.4, -0.2) is 63.8 Å². The second kappa shape index (κ2) is 15.5. The number of nitrogens with two attached hydrogens (primary N) is 1. The van der Waals surface area contributed by atoms with Gasteiger partial charge in [0.15, 0.2) is 5.78 Å². The SMILES string of the molecule is CC.CC(=O)COCCN(C)CCOCCN. The first-order valence-corrected chi connectivity index (χ1v) is 6.20. The van der Waals surface area contributed by atoms with Crippen LogP contribution in [-0.2, 0) is 14.3 Å². The van der Waals surface area contributed by atoms with Gasteiger partial charge in [-0.1, -0.05) is 13.8 Å². The molecule has 0 saturated carbocycles. The minimum atomic E-state index is 0.0592. The highest BCUT2D eigenvalue weighted by atomic mass is 16.5. The molecule has 0 spiro atoms. The molecule has 17 heavy (non-hydrogen) atoms. The smallest absolute Gasteiger partial charge is 0.155 e. The van der Waals surface area contributed by atoms with Crippen molar-refractivity contribution < 1.29 is 14.3 Å². The number of hydrogen-bond donors (Lipinski definition) is 1. The first-order valence-electron chi connectivity index (χ1n) is 6.20. The number of carbonyl (C=O) groups excluding carboxylic acids is 1. The molecule has 0 aromatic rings. The van der Waals surface area contributed by atoms with E-state index in [1.54, 1.807) is 0 Å². The van der Waals surface area contributed by atoms with Crippen LogP contribution in [0.4, 0.5) is 0 Å². The lowest BCUT2D eigenvalue weighted by atomic mass is 10.5. The lowest BCUT2D eigenvalue weighted by molar-refractivity contribution is -0.121. The van der Waals surface area contributed by atoms with Gasteiger partial charge >= 0.3 is 0 Å². The zero-order chi connectivity index (χ0) is 13.5. The fraction of sp³-hybridized carbons (Fsp3) is 0.917. The summed E-state index contributed by atoms with van der Waals surface area (Å²) in [5, 5.41) is 0. The van der Waals surface area contributed by atoms with Gasteiger partial charge in [0.05, 0.1) is 19.8 Å². The van der Waals surface area contributed by atoms with Crippen molar-refractivity contribution in [1.82, 2.24) is 4.90 Å². The lowest BCUT2D eigenvalue weighted by Gasteiger charge is -2.16. The molecular formula is C12H28N2O3. The van der Waals surface area contributed by atoms with E-state index in [4.69, 9.17) is 15.2 Å². The Labute approximate surface area is 105 Å². The van der Waals surface area contributed by atoms with Gasteiger partial charge in [-0.25, -0.2) is 0 Å². The first-order chi connectivity index (χ1) is 8.16. The summed E-state index contributed by atoms with van der Waals surface area (Å²) in [6.45, 7) is 9.80. The third-order valence-corrected chi connectivity index (χ3v) is 1.80. The van der Waals surface area contributed by atoms with Crippen molar-refractivity contribution in [2.75, 3.05) is 53.1 Å². The van der Waals surface area contributed by atoms with Gasteiger partial charge in [0.25, 0.3) is 0 Å². The predicted octanol–water partition coefficient (Wildman–Crippen LogP) is 0.525. The van der Waals surface area contributed by atoms with E-state index >= 15 is 0 Å². The quantitative estimate of drug-likeness (QED) is 0.571. The average Bonchev–Trinajstić information content (AvgIpc) is 2.33. The standard InChI is InChI=1S/C10H22N2O3.C2H6/c1-10(13)9-15-8-5-12(2)4-7-14-6-3-11;1-2/h3-9,11H2,1-2H3;1-2H3. The Morgan fingerprint density at radius 3 is 2.12 bits per heavy atom. The van der Waals surface area contributed by atoms with Gasteiger partial charge in [0, 0.05) is 19.6 Å². The third kappa shape index (κ3) is 18.1. The van der Waals surface area contributed by atoms with E-state index in [0.717, 1.165) is 13.1 Å². The van der Waals surface area contributed by atoms with Crippen LogP contribution in [0.25, 0.3) is 0 Å². The summed E-state index contributed by atoms with van der Waals surface area (Å²) in [6, 6.07) is 0. The van der Waals surface area contributed by atoms with E-state index in [0.29, 0.717) is 26.4 Å². The maximum Gasteiger partial charge on any atom is 0.155 e. The molecule has 0 aliphatic rings. The monoisotopic (exact) mass is 248 g/mol. The molecule has 5 heteroatoms. The number of hydrogen-bond acceptors (Lipinski definition) is 5. The summed E-state index contributed by atoms with van der Waals surface area (Å²) < 4.78 is 10.4. The Bertz CT molecular complexity index is 166. The summed E-state index contributed by atoms with van der Waals surface area (Å²) in [7, 11) is 1.99. The summed E-state index contributed by atoms with van der Waals surface area (Å²) in [6.07, 6.45) is 0. The molecule has 0 bridgehead atoms. The molecule has 0 fully saturated rings. The number of Topliss-reactive ketones (excluding diaryl/α,β-unsaturated/α-hetero) is 1. The van der Waals surface area contributed by atoms with Crippen LogP contribution in [0.15, 0.2) is 0 Å². The van der Waals surface area contributed by atoms with Gasteiger partial charge in [0.1, 0.15) is 6.61 Å². The van der Waals surface area contributed by atoms with E-state index in [9.17, 15) is 4.79 Å². The normalized spacial score (nSPS) is 10.0. The molecule has 0 radical (unpaired) electrons. The van der Waals surface area contributed by atoms with Gasteiger partial charge in [-0.05, 0) is 14.0 Å². The molecule has 0 aromatic heterocycles. The van der Waals surface area contributed by atoms with Crippen LogP contribution in [0.5, 0.6) is 0 Å². The molecule has 0 amide bonds. The van der Waals surface area contributed by atoms with Crippen LogP contribution in [0.3, 0.4) is 0 Å². The topological polar surface area (TPSA) is 64.8 Å². The maximum absolute atomic E-state index is 10.6. The Morgan fingerprint density at radius 1 is 1.12 bits per heavy atom. The van der Waals surface area contributed by atoms with Crippen LogP contribution in [0, 0.1) is 0 Å². The second-order valence-corrected chi connectivity index (χ2v) is 3.46. The van der Waals surface area contributed by atoms with Gasteiger partial charge in [-0.15, -0.1) is 0 Å². The third-order valence-electron chi connectivity index (χ3n) is 1.80. The minimum Gasteiger partial charge on any atom is -0.379 e. The number of ketones is 1. The molecule has 2 N–H and O–H groups in total. The summed E-state index contributed by atoms with van der Waals surface area (Å²) in [5.74, 6) is 0.0592. The summed E-state index contributed by atoms with van der Waals surface area (Å²) in [4.78, 5) is 12.7. The molecule has 0 heterocycles. The molecule has 0 aliphatic heterocycles. The van der Waals surface area contributed by atoms with Gasteiger partial charge < -0.3 is 20.1 Å². The Balaban J connectivity index is 0. The highest BCUT2D eigenvalue weighted by molar-refractivity contribution is 5.76. The molecule has 0 unspecified atom stereocenters. The van der Waals surface area contributed by atoms with Crippen LogP contribution < -0.4 is 5.73 Å². The van der Waals surface area contributed by atoms with E-state index in [1.807, 2.05) is 20.9 Å². The largest absolute Gasteiger partial charge is 0.379 e. The molecule has 0 saturated heterocycles. The van der Waals surface area contributed by atoms with Gasteiger partial charge in [-0.2, -0.15) is 0 Å². The minimum absolute atomic E-state index is 0.0592. The van der Waals surface area contributed by atoms with Crippen molar-refractivity contribution in [3.05, 3.63) is 0 Å². The molecule has 5 nitrogen and oxygen atoms in total. The fourth-order valence-corrected chi connectivity index (χ4v) is 0.954. The zero-order valence-electron chi connectivity index (χ0n) is 11.7. The molecule has 104 valence electrons. The van der Waals surface area contributed by atoms with Crippen molar-refractivity contribution in [3.63, 3.8) is 0 Å². The fourth-order valence-electron chi connectivity index (χ4n) is 0.954.